The number of hydrogen-bond acceptors (Lipinski definition) is 4. The van der Waals surface area contributed by atoms with Crippen LogP contribution in [0.1, 0.15) is 12.0 Å². The Labute approximate surface area is 135 Å². The summed E-state index contributed by atoms with van der Waals surface area (Å²) in [6, 6.07) is 18.8. The number of ether oxygens (including phenoxy) is 2. The molecule has 2 rings (SSSR count). The first-order valence-electron chi connectivity index (χ1n) is 7.31. The lowest BCUT2D eigenvalue weighted by molar-refractivity contribution is -0.120. The summed E-state index contributed by atoms with van der Waals surface area (Å²) in [5.74, 6) is 1.24. The number of rotatable bonds is 8. The molecule has 0 spiro atoms. The Morgan fingerprint density at radius 3 is 2.43 bits per heavy atom. The summed E-state index contributed by atoms with van der Waals surface area (Å²) in [6.45, 7) is 1.25. The van der Waals surface area contributed by atoms with Crippen molar-refractivity contribution < 1.29 is 14.3 Å². The lowest BCUT2D eigenvalue weighted by Gasteiger charge is -2.10. The fraction of sp³-hybridized carbons (Fsp3) is 0.222. The monoisotopic (exact) mass is 310 g/mol. The molecule has 0 fully saturated rings. The van der Waals surface area contributed by atoms with Crippen LogP contribution in [0.15, 0.2) is 54.6 Å². The van der Waals surface area contributed by atoms with Crippen molar-refractivity contribution in [2.75, 3.05) is 13.2 Å². The Morgan fingerprint density at radius 2 is 1.70 bits per heavy atom. The van der Waals surface area contributed by atoms with Crippen molar-refractivity contribution in [2.24, 2.45) is 0 Å². The van der Waals surface area contributed by atoms with Gasteiger partial charge in [0, 0.05) is 6.54 Å². The van der Waals surface area contributed by atoms with Gasteiger partial charge < -0.3 is 14.8 Å². The molecule has 5 heteroatoms. The molecule has 0 bridgehead atoms. The highest BCUT2D eigenvalue weighted by atomic mass is 16.5. The smallest absolute Gasteiger partial charge is 0.234 e. The third-order valence-corrected chi connectivity index (χ3v) is 2.99. The summed E-state index contributed by atoms with van der Waals surface area (Å²) in [5, 5.41) is 11.1. The third-order valence-electron chi connectivity index (χ3n) is 2.99. The molecule has 23 heavy (non-hydrogen) atoms. The number of para-hydroxylation sites is 1. The number of nitrogens with one attached hydrogen (secondary N) is 1. The molecule has 5 nitrogen and oxygen atoms in total. The second-order valence-electron chi connectivity index (χ2n) is 4.77. The highest BCUT2D eigenvalue weighted by Gasteiger charge is 2.01. The van der Waals surface area contributed by atoms with Crippen LogP contribution in [0, 0.1) is 11.3 Å². The van der Waals surface area contributed by atoms with Crippen molar-refractivity contribution >= 4 is 5.91 Å². The highest BCUT2D eigenvalue weighted by Crippen LogP contribution is 2.13. The molecule has 0 saturated heterocycles. The van der Waals surface area contributed by atoms with Crippen LogP contribution in [0.5, 0.6) is 11.5 Å². The van der Waals surface area contributed by atoms with Gasteiger partial charge in [-0.05, 0) is 29.8 Å². The first-order valence-corrected chi connectivity index (χ1v) is 7.31. The summed E-state index contributed by atoms with van der Waals surface area (Å²) >= 11 is 0. The van der Waals surface area contributed by atoms with Crippen LogP contribution in [0.2, 0.25) is 0 Å². The molecular formula is C18H18N2O3. The van der Waals surface area contributed by atoms with Crippen LogP contribution < -0.4 is 14.8 Å². The molecule has 0 unspecified atom stereocenters. The largest absolute Gasteiger partial charge is 0.490 e. The zero-order valence-electron chi connectivity index (χ0n) is 12.7. The molecule has 0 aliphatic heterocycles. The summed E-state index contributed by atoms with van der Waals surface area (Å²) in [5.41, 5.74) is 0.915. The number of nitriles is 1. The van der Waals surface area contributed by atoms with Gasteiger partial charge in [-0.25, -0.2) is 0 Å². The van der Waals surface area contributed by atoms with E-state index in [2.05, 4.69) is 5.32 Å². The predicted octanol–water partition coefficient (Wildman–Crippen LogP) is 2.67. The molecule has 1 N–H and O–H groups in total. The van der Waals surface area contributed by atoms with E-state index in [1.165, 1.54) is 0 Å². The normalized spacial score (nSPS) is 9.70. The first kappa shape index (κ1) is 16.4. The van der Waals surface area contributed by atoms with E-state index in [0.717, 1.165) is 11.3 Å². The maximum absolute atomic E-state index is 11.3. The minimum absolute atomic E-state index is 0.132. The highest BCUT2D eigenvalue weighted by molar-refractivity contribution is 5.77. The number of benzene rings is 2. The summed E-state index contributed by atoms with van der Waals surface area (Å²) in [6.07, 6.45) is -0.132. The van der Waals surface area contributed by atoms with E-state index in [1.807, 2.05) is 60.7 Å². The first-order chi connectivity index (χ1) is 11.3. The van der Waals surface area contributed by atoms with E-state index in [-0.39, 0.29) is 12.3 Å². The Balaban J connectivity index is 1.74. The topological polar surface area (TPSA) is 71.4 Å². The lowest BCUT2D eigenvalue weighted by atomic mass is 10.2. The zero-order valence-corrected chi connectivity index (χ0v) is 12.7. The van der Waals surface area contributed by atoms with Gasteiger partial charge in [-0.2, -0.15) is 5.26 Å². The Hall–Kier alpha value is -3.00. The fourth-order valence-electron chi connectivity index (χ4n) is 1.92. The summed E-state index contributed by atoms with van der Waals surface area (Å²) in [7, 11) is 0. The maximum atomic E-state index is 11.3. The van der Waals surface area contributed by atoms with E-state index in [1.54, 1.807) is 0 Å². The van der Waals surface area contributed by atoms with Crippen molar-refractivity contribution in [2.45, 2.75) is 13.0 Å². The SMILES string of the molecule is N#CCC(=O)NCc1cccc(OCCOc2ccccc2)c1. The average Bonchev–Trinajstić information content (AvgIpc) is 2.59. The zero-order chi connectivity index (χ0) is 16.3. The van der Waals surface area contributed by atoms with E-state index in [9.17, 15) is 4.79 Å². The van der Waals surface area contributed by atoms with Gasteiger partial charge in [0.2, 0.25) is 5.91 Å². The number of hydrogen-bond donors (Lipinski definition) is 1. The molecule has 0 aliphatic carbocycles. The third kappa shape index (κ3) is 6.10. The molecule has 0 atom stereocenters. The van der Waals surface area contributed by atoms with Crippen LogP contribution in [-0.2, 0) is 11.3 Å². The van der Waals surface area contributed by atoms with Gasteiger partial charge in [0.05, 0.1) is 6.07 Å². The minimum atomic E-state index is -0.282. The standard InChI is InChI=1S/C18H18N2O3/c19-10-9-18(21)20-14-15-5-4-8-17(13-15)23-12-11-22-16-6-2-1-3-7-16/h1-8,13H,9,11-12,14H2,(H,20,21). The van der Waals surface area contributed by atoms with Crippen LogP contribution in [0.3, 0.4) is 0 Å². The Kier molecular flexibility index (Phi) is 6.48. The molecule has 118 valence electrons. The number of amides is 1. The Bertz CT molecular complexity index is 665. The summed E-state index contributed by atoms with van der Waals surface area (Å²) < 4.78 is 11.2. The second-order valence-corrected chi connectivity index (χ2v) is 4.77. The summed E-state index contributed by atoms with van der Waals surface area (Å²) in [4.78, 5) is 11.3. The van der Waals surface area contributed by atoms with Gasteiger partial charge in [0.1, 0.15) is 31.1 Å². The van der Waals surface area contributed by atoms with E-state index >= 15 is 0 Å². The second kappa shape index (κ2) is 9.11. The molecule has 2 aromatic carbocycles. The Morgan fingerprint density at radius 1 is 1.00 bits per heavy atom. The molecule has 1 amide bonds. The van der Waals surface area contributed by atoms with Crippen LogP contribution in [0.4, 0.5) is 0 Å². The van der Waals surface area contributed by atoms with Gasteiger partial charge in [0.25, 0.3) is 0 Å². The van der Waals surface area contributed by atoms with Gasteiger partial charge in [-0.3, -0.25) is 4.79 Å². The van der Waals surface area contributed by atoms with Crippen LogP contribution >= 0.6 is 0 Å². The average molecular weight is 310 g/mol. The van der Waals surface area contributed by atoms with Gasteiger partial charge in [0.15, 0.2) is 0 Å². The van der Waals surface area contributed by atoms with Gasteiger partial charge in [-0.15, -0.1) is 0 Å². The van der Waals surface area contributed by atoms with Crippen molar-refractivity contribution in [3.05, 3.63) is 60.2 Å². The molecule has 0 aromatic heterocycles. The molecule has 0 saturated carbocycles. The van der Waals surface area contributed by atoms with Crippen molar-refractivity contribution in [1.29, 1.82) is 5.26 Å². The van der Waals surface area contributed by atoms with Crippen molar-refractivity contribution in [3.8, 4) is 17.6 Å². The van der Waals surface area contributed by atoms with Gasteiger partial charge in [-0.1, -0.05) is 30.3 Å². The maximum Gasteiger partial charge on any atom is 0.234 e. The van der Waals surface area contributed by atoms with E-state index in [0.29, 0.717) is 25.5 Å². The van der Waals surface area contributed by atoms with Crippen molar-refractivity contribution in [3.63, 3.8) is 0 Å². The van der Waals surface area contributed by atoms with E-state index < -0.39 is 0 Å². The quantitative estimate of drug-likeness (QED) is 0.761. The van der Waals surface area contributed by atoms with Crippen molar-refractivity contribution in [1.82, 2.24) is 5.32 Å². The molecule has 0 radical (unpaired) electrons. The molecule has 2 aromatic rings. The van der Waals surface area contributed by atoms with Crippen LogP contribution in [-0.4, -0.2) is 19.1 Å². The number of carbonyl (C=O) groups is 1. The van der Waals surface area contributed by atoms with Gasteiger partial charge >= 0.3 is 0 Å². The lowest BCUT2D eigenvalue weighted by Crippen LogP contribution is -2.21. The predicted molar refractivity (Wildman–Crippen MR) is 86.0 cm³/mol. The van der Waals surface area contributed by atoms with E-state index in [4.69, 9.17) is 14.7 Å². The number of nitrogens with zero attached hydrogens (tertiary/aromatic N) is 1. The molecule has 0 aliphatic rings. The number of carbonyl (C=O) groups excluding carboxylic acids is 1. The van der Waals surface area contributed by atoms with Crippen LogP contribution in [0.25, 0.3) is 0 Å². The molecular weight excluding hydrogens is 292 g/mol. The molecule has 0 heterocycles. The minimum Gasteiger partial charge on any atom is -0.490 e. The fourth-order valence-corrected chi connectivity index (χ4v) is 1.92.